The molecule has 1 aliphatic heterocycles. The second-order valence-corrected chi connectivity index (χ2v) is 4.28. The Labute approximate surface area is 96.8 Å². The molecule has 0 bridgehead atoms. The zero-order valence-electron chi connectivity index (χ0n) is 10.0. The van der Waals surface area contributed by atoms with Crippen LogP contribution in [0.25, 0.3) is 0 Å². The summed E-state index contributed by atoms with van der Waals surface area (Å²) < 4.78 is 1.98. The van der Waals surface area contributed by atoms with E-state index in [0.29, 0.717) is 0 Å². The molecule has 0 aliphatic carbocycles. The van der Waals surface area contributed by atoms with E-state index in [1.807, 2.05) is 4.68 Å². The predicted molar refractivity (Wildman–Crippen MR) is 62.6 cm³/mol. The van der Waals surface area contributed by atoms with Crippen LogP contribution in [0.15, 0.2) is 6.33 Å². The number of nitrogens with zero attached hydrogens (tertiary/aromatic N) is 4. The quantitative estimate of drug-likeness (QED) is 0.814. The Morgan fingerprint density at radius 3 is 2.88 bits per heavy atom. The Hall–Kier alpha value is -0.940. The van der Waals surface area contributed by atoms with E-state index < -0.39 is 0 Å². The summed E-state index contributed by atoms with van der Waals surface area (Å²) in [6, 6.07) is 0. The van der Waals surface area contributed by atoms with Gasteiger partial charge in [0.1, 0.15) is 12.2 Å². The van der Waals surface area contributed by atoms with Crippen LogP contribution in [0.2, 0.25) is 0 Å². The Morgan fingerprint density at radius 2 is 2.12 bits per heavy atom. The van der Waals surface area contributed by atoms with Gasteiger partial charge in [-0.25, -0.2) is 20.1 Å². The lowest BCUT2D eigenvalue weighted by atomic mass is 10.2. The van der Waals surface area contributed by atoms with Crippen molar-refractivity contribution in [2.75, 3.05) is 13.1 Å². The van der Waals surface area contributed by atoms with Crippen molar-refractivity contribution in [2.45, 2.75) is 45.7 Å². The molecule has 0 radical (unpaired) electrons. The largest absolute Gasteiger partial charge is 0.249 e. The standard InChI is InChI=1S/C11H21N5/c1-2-6-16-11(12-10-14-16)9-13-15-7-4-3-5-8-15/h10,13H,2-9H2,1H3. The SMILES string of the molecule is CCCn1ncnc1CNN1CCCCC1. The molecule has 0 unspecified atom stereocenters. The van der Waals surface area contributed by atoms with Crippen LogP contribution in [-0.4, -0.2) is 32.9 Å². The molecule has 5 nitrogen and oxygen atoms in total. The third-order valence-corrected chi connectivity index (χ3v) is 2.95. The summed E-state index contributed by atoms with van der Waals surface area (Å²) in [6.45, 7) is 6.21. The van der Waals surface area contributed by atoms with E-state index >= 15 is 0 Å². The minimum absolute atomic E-state index is 0.792. The van der Waals surface area contributed by atoms with E-state index in [1.165, 1.54) is 19.3 Å². The number of hydrogen-bond donors (Lipinski definition) is 1. The highest BCUT2D eigenvalue weighted by atomic mass is 15.5. The molecule has 2 heterocycles. The van der Waals surface area contributed by atoms with Crippen LogP contribution in [0.5, 0.6) is 0 Å². The van der Waals surface area contributed by atoms with E-state index in [1.54, 1.807) is 6.33 Å². The smallest absolute Gasteiger partial charge is 0.142 e. The highest BCUT2D eigenvalue weighted by molar-refractivity contribution is 4.83. The van der Waals surface area contributed by atoms with Crippen LogP contribution >= 0.6 is 0 Å². The average Bonchev–Trinajstić information content (AvgIpc) is 2.76. The third kappa shape index (κ3) is 3.02. The van der Waals surface area contributed by atoms with Gasteiger partial charge in [-0.2, -0.15) is 5.10 Å². The van der Waals surface area contributed by atoms with Crippen molar-refractivity contribution >= 4 is 0 Å². The molecule has 1 saturated heterocycles. The van der Waals surface area contributed by atoms with E-state index in [4.69, 9.17) is 0 Å². The topological polar surface area (TPSA) is 46.0 Å². The van der Waals surface area contributed by atoms with Crippen molar-refractivity contribution in [3.63, 3.8) is 0 Å². The lowest BCUT2D eigenvalue weighted by Gasteiger charge is -2.26. The highest BCUT2D eigenvalue weighted by Gasteiger charge is 2.10. The number of aromatic nitrogens is 3. The van der Waals surface area contributed by atoms with Gasteiger partial charge < -0.3 is 0 Å². The minimum atomic E-state index is 0.792. The summed E-state index contributed by atoms with van der Waals surface area (Å²) in [7, 11) is 0. The van der Waals surface area contributed by atoms with Crippen molar-refractivity contribution in [1.29, 1.82) is 0 Å². The third-order valence-electron chi connectivity index (χ3n) is 2.95. The van der Waals surface area contributed by atoms with Gasteiger partial charge in [-0.05, 0) is 19.3 Å². The number of rotatable bonds is 5. The van der Waals surface area contributed by atoms with Gasteiger partial charge >= 0.3 is 0 Å². The zero-order chi connectivity index (χ0) is 11.2. The van der Waals surface area contributed by atoms with Gasteiger partial charge in [-0.15, -0.1) is 0 Å². The Kier molecular flexibility index (Phi) is 4.30. The van der Waals surface area contributed by atoms with Crippen molar-refractivity contribution in [3.8, 4) is 0 Å². The van der Waals surface area contributed by atoms with Crippen LogP contribution in [-0.2, 0) is 13.1 Å². The molecule has 1 fully saturated rings. The summed E-state index contributed by atoms with van der Waals surface area (Å²) in [4.78, 5) is 4.28. The predicted octanol–water partition coefficient (Wildman–Crippen LogP) is 1.18. The second-order valence-electron chi connectivity index (χ2n) is 4.28. The maximum atomic E-state index is 4.28. The van der Waals surface area contributed by atoms with Gasteiger partial charge in [0, 0.05) is 19.6 Å². The fraction of sp³-hybridized carbons (Fsp3) is 0.818. The maximum Gasteiger partial charge on any atom is 0.142 e. The van der Waals surface area contributed by atoms with Gasteiger partial charge in [-0.1, -0.05) is 13.3 Å². The Balaban J connectivity index is 1.81. The first kappa shape index (κ1) is 11.5. The van der Waals surface area contributed by atoms with Crippen LogP contribution < -0.4 is 5.43 Å². The van der Waals surface area contributed by atoms with Gasteiger partial charge in [0.05, 0.1) is 6.54 Å². The molecule has 5 heteroatoms. The molecule has 0 spiro atoms. The molecule has 1 aromatic rings. The number of piperidine rings is 1. The van der Waals surface area contributed by atoms with Crippen molar-refractivity contribution < 1.29 is 0 Å². The number of aryl methyl sites for hydroxylation is 1. The van der Waals surface area contributed by atoms with Gasteiger partial charge in [0.2, 0.25) is 0 Å². The summed E-state index contributed by atoms with van der Waals surface area (Å²) in [5.41, 5.74) is 3.43. The first-order valence-electron chi connectivity index (χ1n) is 6.25. The molecule has 1 N–H and O–H groups in total. The van der Waals surface area contributed by atoms with E-state index in [2.05, 4.69) is 27.4 Å². The van der Waals surface area contributed by atoms with E-state index in [9.17, 15) is 0 Å². The lowest BCUT2D eigenvalue weighted by molar-refractivity contribution is 0.148. The fourth-order valence-electron chi connectivity index (χ4n) is 2.06. The fourth-order valence-corrected chi connectivity index (χ4v) is 2.06. The van der Waals surface area contributed by atoms with E-state index in [-0.39, 0.29) is 0 Å². The first-order valence-corrected chi connectivity index (χ1v) is 6.25. The Bertz CT molecular complexity index is 303. The van der Waals surface area contributed by atoms with Crippen molar-refractivity contribution in [1.82, 2.24) is 25.2 Å². The molecule has 0 amide bonds. The Morgan fingerprint density at radius 1 is 1.31 bits per heavy atom. The first-order chi connectivity index (χ1) is 7.90. The molecule has 16 heavy (non-hydrogen) atoms. The zero-order valence-corrected chi connectivity index (χ0v) is 10.0. The van der Waals surface area contributed by atoms with Crippen LogP contribution in [0.1, 0.15) is 38.4 Å². The summed E-state index contributed by atoms with van der Waals surface area (Å²) >= 11 is 0. The molecular weight excluding hydrogens is 202 g/mol. The molecule has 1 aromatic heterocycles. The highest BCUT2D eigenvalue weighted by Crippen LogP contribution is 2.06. The van der Waals surface area contributed by atoms with Crippen LogP contribution in [0.4, 0.5) is 0 Å². The average molecular weight is 223 g/mol. The van der Waals surface area contributed by atoms with Crippen molar-refractivity contribution in [3.05, 3.63) is 12.2 Å². The molecule has 90 valence electrons. The molecule has 1 aliphatic rings. The number of hydrazine groups is 1. The van der Waals surface area contributed by atoms with Crippen LogP contribution in [0.3, 0.4) is 0 Å². The summed E-state index contributed by atoms with van der Waals surface area (Å²) in [5, 5.41) is 6.52. The monoisotopic (exact) mass is 223 g/mol. The van der Waals surface area contributed by atoms with Gasteiger partial charge in [0.15, 0.2) is 0 Å². The summed E-state index contributed by atoms with van der Waals surface area (Å²) in [6.07, 6.45) is 6.70. The molecule has 0 aromatic carbocycles. The minimum Gasteiger partial charge on any atom is -0.249 e. The number of hydrogen-bond acceptors (Lipinski definition) is 4. The van der Waals surface area contributed by atoms with Crippen LogP contribution in [0, 0.1) is 0 Å². The van der Waals surface area contributed by atoms with Crippen molar-refractivity contribution in [2.24, 2.45) is 0 Å². The summed E-state index contributed by atoms with van der Waals surface area (Å²) in [5.74, 6) is 1.03. The molecule has 0 saturated carbocycles. The number of nitrogens with one attached hydrogen (secondary N) is 1. The normalized spacial score (nSPS) is 17.8. The maximum absolute atomic E-state index is 4.28. The molecular formula is C11H21N5. The van der Waals surface area contributed by atoms with Gasteiger partial charge in [-0.3, -0.25) is 0 Å². The lowest BCUT2D eigenvalue weighted by Crippen LogP contribution is -2.41. The second kappa shape index (κ2) is 5.96. The molecule has 2 rings (SSSR count). The van der Waals surface area contributed by atoms with Gasteiger partial charge in [0.25, 0.3) is 0 Å². The van der Waals surface area contributed by atoms with E-state index in [0.717, 1.165) is 38.4 Å². The molecule has 0 atom stereocenters.